The zero-order valence-corrected chi connectivity index (χ0v) is 29.0. The number of carbonyl (C=O) groups excluding carboxylic acids is 2. The van der Waals surface area contributed by atoms with Crippen LogP contribution in [0.4, 0.5) is 5.95 Å². The van der Waals surface area contributed by atoms with Crippen molar-refractivity contribution in [1.29, 1.82) is 0 Å². The van der Waals surface area contributed by atoms with Gasteiger partial charge in [0.25, 0.3) is 11.8 Å². The zero-order chi connectivity index (χ0) is 35.6. The van der Waals surface area contributed by atoms with Crippen molar-refractivity contribution in [1.82, 2.24) is 19.8 Å². The molecule has 10 nitrogen and oxygen atoms in total. The standard InChI is InChI=1S/C42H41N5O5/c1-28-37(26-45-19-21-46(22-20-45)42-43-17-6-18-44-42)51-41(52-38(28)31-15-13-29(27-48)14-16-31)34-10-5-9-33(24-34)32-8-4-7-30(23-32)25-47-39(49)35-11-2-3-12-36(35)40(47)50/h2-18,23-24,28,37-38,41,48H,19-22,25-27H2,1H3/t28-,37+,38+,41+/m0/s1. The van der Waals surface area contributed by atoms with E-state index in [1.807, 2.05) is 66.7 Å². The van der Waals surface area contributed by atoms with Gasteiger partial charge in [0.15, 0.2) is 6.29 Å². The Balaban J connectivity index is 1.02. The molecule has 2 fully saturated rings. The van der Waals surface area contributed by atoms with E-state index in [1.54, 1.807) is 36.7 Å². The number of aliphatic hydroxyl groups is 1. The fraction of sp³-hybridized carbons (Fsp3) is 0.286. The number of fused-ring (bicyclic) bond motifs is 1. The van der Waals surface area contributed by atoms with E-state index in [4.69, 9.17) is 9.47 Å². The fourth-order valence-corrected chi connectivity index (χ4v) is 7.45. The summed E-state index contributed by atoms with van der Waals surface area (Å²) in [7, 11) is 0. The van der Waals surface area contributed by atoms with Gasteiger partial charge in [-0.3, -0.25) is 19.4 Å². The molecule has 0 radical (unpaired) electrons. The van der Waals surface area contributed by atoms with Crippen molar-refractivity contribution >= 4 is 17.8 Å². The maximum atomic E-state index is 13.1. The molecule has 2 amide bonds. The number of rotatable bonds is 9. The van der Waals surface area contributed by atoms with Crippen LogP contribution in [-0.4, -0.2) is 75.5 Å². The third-order valence-corrected chi connectivity index (χ3v) is 10.4. The Bertz CT molecular complexity index is 2020. The van der Waals surface area contributed by atoms with E-state index in [0.717, 1.165) is 72.1 Å². The second kappa shape index (κ2) is 14.8. The molecular weight excluding hydrogens is 654 g/mol. The number of piperazine rings is 1. The van der Waals surface area contributed by atoms with Gasteiger partial charge in [-0.1, -0.05) is 79.7 Å². The molecule has 1 aromatic heterocycles. The van der Waals surface area contributed by atoms with Crippen molar-refractivity contribution in [2.45, 2.75) is 38.6 Å². The third kappa shape index (κ3) is 6.86. The summed E-state index contributed by atoms with van der Waals surface area (Å²) in [5.74, 6) is 0.291. The van der Waals surface area contributed by atoms with Gasteiger partial charge in [-0.2, -0.15) is 0 Å². The van der Waals surface area contributed by atoms with Crippen molar-refractivity contribution in [2.75, 3.05) is 37.6 Å². The van der Waals surface area contributed by atoms with E-state index >= 15 is 0 Å². The molecule has 10 heteroatoms. The maximum absolute atomic E-state index is 13.1. The number of aromatic nitrogens is 2. The van der Waals surface area contributed by atoms with Gasteiger partial charge in [0.1, 0.15) is 0 Å². The van der Waals surface area contributed by atoms with Crippen molar-refractivity contribution in [3.63, 3.8) is 0 Å². The van der Waals surface area contributed by atoms with E-state index in [1.165, 1.54) is 4.90 Å². The first kappa shape index (κ1) is 33.9. The number of anilines is 1. The molecule has 4 atom stereocenters. The van der Waals surface area contributed by atoms with Gasteiger partial charge < -0.3 is 19.5 Å². The summed E-state index contributed by atoms with van der Waals surface area (Å²) in [6.45, 7) is 6.55. The van der Waals surface area contributed by atoms with Crippen molar-refractivity contribution in [3.8, 4) is 11.1 Å². The summed E-state index contributed by atoms with van der Waals surface area (Å²) >= 11 is 0. The van der Waals surface area contributed by atoms with Gasteiger partial charge in [-0.25, -0.2) is 9.97 Å². The number of imide groups is 1. The van der Waals surface area contributed by atoms with E-state index in [9.17, 15) is 14.7 Å². The van der Waals surface area contributed by atoms with Crippen LogP contribution in [0, 0.1) is 5.92 Å². The number of amides is 2. The number of ether oxygens (including phenoxy) is 2. The van der Waals surface area contributed by atoms with Crippen LogP contribution in [-0.2, 0) is 22.6 Å². The van der Waals surface area contributed by atoms with Crippen LogP contribution in [0.5, 0.6) is 0 Å². The first-order valence-corrected chi connectivity index (χ1v) is 17.8. The Morgan fingerprint density at radius 2 is 1.38 bits per heavy atom. The van der Waals surface area contributed by atoms with Gasteiger partial charge >= 0.3 is 0 Å². The Morgan fingerprint density at radius 1 is 0.712 bits per heavy atom. The number of hydrogen-bond acceptors (Lipinski definition) is 9. The summed E-state index contributed by atoms with van der Waals surface area (Å²) < 4.78 is 13.6. The predicted octanol–water partition coefficient (Wildman–Crippen LogP) is 6.05. The Hall–Kier alpha value is -5.26. The molecule has 3 aliphatic heterocycles. The topological polar surface area (TPSA) is 108 Å². The van der Waals surface area contributed by atoms with Crippen LogP contribution in [0.15, 0.2) is 116 Å². The first-order valence-electron chi connectivity index (χ1n) is 17.8. The average molecular weight is 696 g/mol. The van der Waals surface area contributed by atoms with Crippen LogP contribution in [0.25, 0.3) is 11.1 Å². The minimum absolute atomic E-state index is 0.0119. The lowest BCUT2D eigenvalue weighted by Gasteiger charge is -2.44. The summed E-state index contributed by atoms with van der Waals surface area (Å²) in [4.78, 5) is 41.0. The molecule has 5 aromatic rings. The molecule has 3 aliphatic rings. The number of nitrogens with zero attached hydrogens (tertiary/aromatic N) is 5. The highest BCUT2D eigenvalue weighted by molar-refractivity contribution is 6.21. The molecule has 4 heterocycles. The third-order valence-electron chi connectivity index (χ3n) is 10.4. The SMILES string of the molecule is C[C@H]1[C@@H](CN2CCN(c3ncccn3)CC2)O[C@@H](c2cccc(-c3cccc(CN4C(=O)c5ccccc5C4=O)c3)c2)O[C@H]1c1ccc(CO)cc1. The smallest absolute Gasteiger partial charge is 0.261 e. The van der Waals surface area contributed by atoms with Gasteiger partial charge in [-0.05, 0) is 58.1 Å². The Morgan fingerprint density at radius 3 is 2.08 bits per heavy atom. The minimum atomic E-state index is -0.607. The molecule has 0 saturated carbocycles. The molecule has 0 aliphatic carbocycles. The van der Waals surface area contributed by atoms with Crippen LogP contribution < -0.4 is 4.90 Å². The van der Waals surface area contributed by atoms with E-state index in [2.05, 4.69) is 38.8 Å². The lowest BCUT2D eigenvalue weighted by Crippen LogP contribution is -2.51. The molecule has 2 saturated heterocycles. The Kier molecular flexibility index (Phi) is 9.62. The summed E-state index contributed by atoms with van der Waals surface area (Å²) in [5.41, 5.74) is 6.51. The lowest BCUT2D eigenvalue weighted by molar-refractivity contribution is -0.276. The van der Waals surface area contributed by atoms with E-state index < -0.39 is 6.29 Å². The van der Waals surface area contributed by atoms with Gasteiger partial charge in [0.05, 0.1) is 36.5 Å². The van der Waals surface area contributed by atoms with Crippen LogP contribution in [0.3, 0.4) is 0 Å². The number of hydrogen-bond donors (Lipinski definition) is 1. The predicted molar refractivity (Wildman–Crippen MR) is 196 cm³/mol. The highest BCUT2D eigenvalue weighted by Gasteiger charge is 2.40. The molecule has 0 unspecified atom stereocenters. The quantitative estimate of drug-likeness (QED) is 0.185. The first-order chi connectivity index (χ1) is 25.4. The molecule has 0 bridgehead atoms. The van der Waals surface area contributed by atoms with Crippen molar-refractivity contribution in [2.24, 2.45) is 5.92 Å². The molecule has 264 valence electrons. The summed E-state index contributed by atoms with van der Waals surface area (Å²) in [6.07, 6.45) is 2.63. The highest BCUT2D eigenvalue weighted by Crippen LogP contribution is 2.42. The second-order valence-corrected chi connectivity index (χ2v) is 13.7. The van der Waals surface area contributed by atoms with Crippen molar-refractivity contribution in [3.05, 3.63) is 149 Å². The molecule has 8 rings (SSSR count). The summed E-state index contributed by atoms with van der Waals surface area (Å²) in [6, 6.07) is 32.9. The van der Waals surface area contributed by atoms with Crippen LogP contribution >= 0.6 is 0 Å². The maximum Gasteiger partial charge on any atom is 0.261 e. The lowest BCUT2D eigenvalue weighted by atomic mass is 9.89. The molecule has 4 aromatic carbocycles. The molecule has 1 N–H and O–H groups in total. The number of aliphatic hydroxyl groups excluding tert-OH is 1. The summed E-state index contributed by atoms with van der Waals surface area (Å²) in [5, 5.41) is 9.67. The monoisotopic (exact) mass is 695 g/mol. The normalized spacial score (nSPS) is 22.1. The molecular formula is C42H41N5O5. The average Bonchev–Trinajstić information content (AvgIpc) is 3.44. The van der Waals surface area contributed by atoms with Crippen LogP contribution in [0.2, 0.25) is 0 Å². The van der Waals surface area contributed by atoms with E-state index in [-0.39, 0.29) is 43.1 Å². The fourth-order valence-electron chi connectivity index (χ4n) is 7.45. The van der Waals surface area contributed by atoms with Crippen LogP contribution in [0.1, 0.15) is 62.3 Å². The number of benzene rings is 4. The zero-order valence-electron chi connectivity index (χ0n) is 29.0. The van der Waals surface area contributed by atoms with E-state index in [0.29, 0.717) is 11.1 Å². The highest BCUT2D eigenvalue weighted by atomic mass is 16.7. The minimum Gasteiger partial charge on any atom is -0.392 e. The Labute approximate surface area is 303 Å². The van der Waals surface area contributed by atoms with Gasteiger partial charge in [0, 0.05) is 56.6 Å². The second-order valence-electron chi connectivity index (χ2n) is 13.7. The largest absolute Gasteiger partial charge is 0.392 e. The van der Waals surface area contributed by atoms with Gasteiger partial charge in [0.2, 0.25) is 5.95 Å². The number of carbonyl (C=O) groups is 2. The molecule has 52 heavy (non-hydrogen) atoms. The van der Waals surface area contributed by atoms with Crippen molar-refractivity contribution < 1.29 is 24.2 Å². The van der Waals surface area contributed by atoms with Gasteiger partial charge in [-0.15, -0.1) is 0 Å². The molecule has 0 spiro atoms.